The summed E-state index contributed by atoms with van der Waals surface area (Å²) >= 11 is 1.54. The third-order valence-corrected chi connectivity index (χ3v) is 4.54. The zero-order chi connectivity index (χ0) is 13.5. The zero-order valence-electron chi connectivity index (χ0n) is 11.8. The van der Waals surface area contributed by atoms with E-state index in [1.54, 1.807) is 11.3 Å². The number of hydrogen-bond acceptors (Lipinski definition) is 3. The van der Waals surface area contributed by atoms with Gasteiger partial charge in [0.2, 0.25) is 0 Å². The van der Waals surface area contributed by atoms with Gasteiger partial charge in [-0.2, -0.15) is 0 Å². The molecule has 1 aliphatic rings. The molecule has 1 saturated heterocycles. The molecule has 1 aliphatic heterocycles. The summed E-state index contributed by atoms with van der Waals surface area (Å²) in [5, 5.41) is 1.97. The van der Waals surface area contributed by atoms with Gasteiger partial charge in [-0.3, -0.25) is 4.79 Å². The van der Waals surface area contributed by atoms with Crippen LogP contribution in [0.15, 0.2) is 17.5 Å². The van der Waals surface area contributed by atoms with Crippen molar-refractivity contribution >= 4 is 17.2 Å². The molecule has 19 heavy (non-hydrogen) atoms. The number of rotatable bonds is 5. The van der Waals surface area contributed by atoms with E-state index in [1.165, 1.54) is 25.8 Å². The maximum absolute atomic E-state index is 12.3. The monoisotopic (exact) mass is 280 g/mol. The van der Waals surface area contributed by atoms with Crippen molar-refractivity contribution in [3.05, 3.63) is 22.4 Å². The van der Waals surface area contributed by atoms with Gasteiger partial charge in [-0.15, -0.1) is 11.3 Å². The predicted molar refractivity (Wildman–Crippen MR) is 80.8 cm³/mol. The summed E-state index contributed by atoms with van der Waals surface area (Å²) in [6.07, 6.45) is 4.98. The first kappa shape index (κ1) is 14.5. The molecule has 0 N–H and O–H groups in total. The van der Waals surface area contributed by atoms with Gasteiger partial charge in [0.15, 0.2) is 0 Å². The van der Waals surface area contributed by atoms with Gasteiger partial charge in [-0.1, -0.05) is 25.8 Å². The second kappa shape index (κ2) is 7.65. The SMILES string of the molecule is CCCCCN1CCCN(C(=O)c2cccs2)CC1. The summed E-state index contributed by atoms with van der Waals surface area (Å²) in [4.78, 5) is 17.7. The molecule has 0 unspecified atom stereocenters. The Labute approximate surface area is 120 Å². The minimum atomic E-state index is 0.213. The van der Waals surface area contributed by atoms with Crippen LogP contribution in [0.2, 0.25) is 0 Å². The molecule has 0 aliphatic carbocycles. The number of amides is 1. The van der Waals surface area contributed by atoms with Crippen molar-refractivity contribution < 1.29 is 4.79 Å². The second-order valence-corrected chi connectivity index (χ2v) is 6.12. The van der Waals surface area contributed by atoms with Crippen molar-refractivity contribution in [1.82, 2.24) is 9.80 Å². The Morgan fingerprint density at radius 2 is 2.16 bits per heavy atom. The average Bonchev–Trinajstić information content (AvgIpc) is 2.85. The van der Waals surface area contributed by atoms with Gasteiger partial charge >= 0.3 is 0 Å². The lowest BCUT2D eigenvalue weighted by atomic mass is 10.2. The van der Waals surface area contributed by atoms with E-state index in [2.05, 4.69) is 11.8 Å². The van der Waals surface area contributed by atoms with Crippen LogP contribution in [0.25, 0.3) is 0 Å². The van der Waals surface area contributed by atoms with E-state index >= 15 is 0 Å². The molecule has 1 fully saturated rings. The van der Waals surface area contributed by atoms with Crippen LogP contribution in [0.3, 0.4) is 0 Å². The maximum Gasteiger partial charge on any atom is 0.263 e. The lowest BCUT2D eigenvalue weighted by Gasteiger charge is -2.21. The lowest BCUT2D eigenvalue weighted by molar-refractivity contribution is 0.0766. The molecule has 1 amide bonds. The van der Waals surface area contributed by atoms with Crippen LogP contribution >= 0.6 is 11.3 Å². The zero-order valence-corrected chi connectivity index (χ0v) is 12.6. The number of hydrogen-bond donors (Lipinski definition) is 0. The third kappa shape index (κ3) is 4.32. The molecule has 0 spiro atoms. The molecule has 0 aromatic carbocycles. The lowest BCUT2D eigenvalue weighted by Crippen LogP contribution is -2.35. The van der Waals surface area contributed by atoms with Gasteiger partial charge in [-0.25, -0.2) is 0 Å². The molecule has 0 atom stereocenters. The molecule has 2 rings (SSSR count). The van der Waals surface area contributed by atoms with Crippen molar-refractivity contribution in [2.24, 2.45) is 0 Å². The molecule has 0 radical (unpaired) electrons. The van der Waals surface area contributed by atoms with Crippen LogP contribution in [0.4, 0.5) is 0 Å². The molecule has 1 aromatic heterocycles. The molecular formula is C15H24N2OS. The van der Waals surface area contributed by atoms with Crippen LogP contribution in [-0.4, -0.2) is 48.4 Å². The van der Waals surface area contributed by atoms with Crippen LogP contribution in [0.5, 0.6) is 0 Å². The molecule has 106 valence electrons. The van der Waals surface area contributed by atoms with Crippen molar-refractivity contribution in [2.45, 2.75) is 32.6 Å². The standard InChI is InChI=1S/C15H24N2OS/c1-2-3-4-8-16-9-6-10-17(12-11-16)15(18)14-7-5-13-19-14/h5,7,13H,2-4,6,8-12H2,1H3. The molecule has 2 heterocycles. The highest BCUT2D eigenvalue weighted by Gasteiger charge is 2.20. The largest absolute Gasteiger partial charge is 0.337 e. The average molecular weight is 280 g/mol. The highest BCUT2D eigenvalue weighted by molar-refractivity contribution is 7.12. The Morgan fingerprint density at radius 3 is 2.89 bits per heavy atom. The fraction of sp³-hybridized carbons (Fsp3) is 0.667. The van der Waals surface area contributed by atoms with Crippen molar-refractivity contribution in [2.75, 3.05) is 32.7 Å². The quantitative estimate of drug-likeness (QED) is 0.774. The van der Waals surface area contributed by atoms with E-state index in [1.807, 2.05) is 22.4 Å². The van der Waals surface area contributed by atoms with Gasteiger partial charge in [0, 0.05) is 19.6 Å². The molecule has 3 nitrogen and oxygen atoms in total. The molecule has 4 heteroatoms. The highest BCUT2D eigenvalue weighted by atomic mass is 32.1. The third-order valence-electron chi connectivity index (χ3n) is 3.69. The minimum Gasteiger partial charge on any atom is -0.337 e. The number of nitrogens with zero attached hydrogens (tertiary/aromatic N) is 2. The van der Waals surface area contributed by atoms with E-state index in [4.69, 9.17) is 0 Å². The topological polar surface area (TPSA) is 23.6 Å². The van der Waals surface area contributed by atoms with E-state index in [9.17, 15) is 4.79 Å². The Morgan fingerprint density at radius 1 is 1.26 bits per heavy atom. The molecule has 1 aromatic rings. The second-order valence-electron chi connectivity index (χ2n) is 5.17. The number of thiophene rings is 1. The van der Waals surface area contributed by atoms with Crippen molar-refractivity contribution in [3.63, 3.8) is 0 Å². The van der Waals surface area contributed by atoms with E-state index < -0.39 is 0 Å². The number of carbonyl (C=O) groups is 1. The van der Waals surface area contributed by atoms with Crippen LogP contribution < -0.4 is 0 Å². The summed E-state index contributed by atoms with van der Waals surface area (Å²) in [6, 6.07) is 3.88. The minimum absolute atomic E-state index is 0.213. The fourth-order valence-corrected chi connectivity index (χ4v) is 3.23. The normalized spacial score (nSPS) is 17.4. The summed E-state index contributed by atoms with van der Waals surface area (Å²) < 4.78 is 0. The van der Waals surface area contributed by atoms with Crippen molar-refractivity contribution in [3.8, 4) is 0 Å². The Kier molecular flexibility index (Phi) is 5.86. The van der Waals surface area contributed by atoms with Gasteiger partial charge in [0.25, 0.3) is 5.91 Å². The Hall–Kier alpha value is -0.870. The Balaban J connectivity index is 1.81. The van der Waals surface area contributed by atoms with Gasteiger partial charge < -0.3 is 9.80 Å². The summed E-state index contributed by atoms with van der Waals surface area (Å²) in [5.74, 6) is 0.213. The van der Waals surface area contributed by atoms with Crippen LogP contribution in [0, 0.1) is 0 Å². The smallest absolute Gasteiger partial charge is 0.263 e. The van der Waals surface area contributed by atoms with Gasteiger partial charge in [0.1, 0.15) is 0 Å². The first-order chi connectivity index (χ1) is 9.31. The van der Waals surface area contributed by atoms with E-state index in [0.29, 0.717) is 0 Å². The molecule has 0 bridgehead atoms. The van der Waals surface area contributed by atoms with Gasteiger partial charge in [0.05, 0.1) is 4.88 Å². The van der Waals surface area contributed by atoms with E-state index in [-0.39, 0.29) is 5.91 Å². The number of unbranched alkanes of at least 4 members (excludes halogenated alkanes) is 2. The van der Waals surface area contributed by atoms with Crippen LogP contribution in [0.1, 0.15) is 42.3 Å². The predicted octanol–water partition coefficient (Wildman–Crippen LogP) is 3.09. The molecular weight excluding hydrogens is 256 g/mol. The number of carbonyl (C=O) groups excluding carboxylic acids is 1. The Bertz CT molecular complexity index is 378. The molecule has 0 saturated carbocycles. The summed E-state index contributed by atoms with van der Waals surface area (Å²) in [5.41, 5.74) is 0. The highest BCUT2D eigenvalue weighted by Crippen LogP contribution is 2.14. The van der Waals surface area contributed by atoms with Gasteiger partial charge in [-0.05, 0) is 37.4 Å². The maximum atomic E-state index is 12.3. The first-order valence-electron chi connectivity index (χ1n) is 7.36. The van der Waals surface area contributed by atoms with E-state index in [0.717, 1.165) is 37.5 Å². The fourth-order valence-electron chi connectivity index (χ4n) is 2.54. The first-order valence-corrected chi connectivity index (χ1v) is 8.24. The van der Waals surface area contributed by atoms with Crippen LogP contribution in [-0.2, 0) is 0 Å². The van der Waals surface area contributed by atoms with Crippen molar-refractivity contribution in [1.29, 1.82) is 0 Å². The summed E-state index contributed by atoms with van der Waals surface area (Å²) in [7, 11) is 0. The summed E-state index contributed by atoms with van der Waals surface area (Å²) in [6.45, 7) is 7.38.